The van der Waals surface area contributed by atoms with Gasteiger partial charge in [0.2, 0.25) is 0 Å². The highest BCUT2D eigenvalue weighted by atomic mass is 35.5. The van der Waals surface area contributed by atoms with Crippen LogP contribution in [0.15, 0.2) is 53.6 Å². The number of aryl methyl sites for hydroxylation is 2. The Balaban J connectivity index is 1.78. The Kier molecular flexibility index (Phi) is 5.79. The van der Waals surface area contributed by atoms with Crippen molar-refractivity contribution in [1.82, 2.24) is 9.99 Å². The molecule has 29 heavy (non-hydrogen) atoms. The molecule has 0 saturated carbocycles. The maximum atomic E-state index is 12.2. The SMILES string of the molecule is Cc1ccc(C(=O)N/N=C\c2cc(C)n(-c3ccc([N+](=O)[O-])cc3)c2C)cc1Cl. The Morgan fingerprint density at radius 3 is 2.45 bits per heavy atom. The van der Waals surface area contributed by atoms with Crippen molar-refractivity contribution in [3.63, 3.8) is 0 Å². The van der Waals surface area contributed by atoms with Gasteiger partial charge in [-0.25, -0.2) is 5.43 Å². The first-order chi connectivity index (χ1) is 13.8. The largest absolute Gasteiger partial charge is 0.318 e. The highest BCUT2D eigenvalue weighted by Crippen LogP contribution is 2.22. The molecule has 3 rings (SSSR count). The molecular weight excluding hydrogens is 392 g/mol. The van der Waals surface area contributed by atoms with Crippen LogP contribution >= 0.6 is 11.6 Å². The zero-order chi connectivity index (χ0) is 21.1. The van der Waals surface area contributed by atoms with Crippen LogP contribution in [-0.2, 0) is 0 Å². The summed E-state index contributed by atoms with van der Waals surface area (Å²) in [6.07, 6.45) is 1.57. The van der Waals surface area contributed by atoms with Crippen LogP contribution in [0.4, 0.5) is 5.69 Å². The van der Waals surface area contributed by atoms with E-state index in [1.807, 2.05) is 31.4 Å². The molecule has 0 radical (unpaired) electrons. The van der Waals surface area contributed by atoms with Crippen molar-refractivity contribution >= 4 is 29.4 Å². The zero-order valence-corrected chi connectivity index (χ0v) is 16.9. The number of amides is 1. The molecule has 0 unspecified atom stereocenters. The second kappa shape index (κ2) is 8.28. The van der Waals surface area contributed by atoms with Gasteiger partial charge < -0.3 is 4.57 Å². The van der Waals surface area contributed by atoms with Crippen LogP contribution in [0, 0.1) is 30.9 Å². The summed E-state index contributed by atoms with van der Waals surface area (Å²) in [4.78, 5) is 22.6. The molecule has 0 bridgehead atoms. The average molecular weight is 411 g/mol. The maximum absolute atomic E-state index is 12.2. The van der Waals surface area contributed by atoms with Crippen molar-refractivity contribution in [3.05, 3.63) is 91.7 Å². The third-order valence-corrected chi connectivity index (χ3v) is 5.00. The van der Waals surface area contributed by atoms with Crippen molar-refractivity contribution in [2.45, 2.75) is 20.8 Å². The molecule has 0 aliphatic heterocycles. The molecule has 8 heteroatoms. The fourth-order valence-electron chi connectivity index (χ4n) is 3.00. The fraction of sp³-hybridized carbons (Fsp3) is 0.143. The first-order valence-corrected chi connectivity index (χ1v) is 9.19. The van der Waals surface area contributed by atoms with Gasteiger partial charge in [-0.05, 0) is 56.7 Å². The molecular formula is C21H19ClN4O3. The van der Waals surface area contributed by atoms with Crippen molar-refractivity contribution in [2.75, 3.05) is 0 Å². The van der Waals surface area contributed by atoms with Gasteiger partial charge >= 0.3 is 0 Å². The molecule has 0 saturated heterocycles. The number of carbonyl (C=O) groups excluding carboxylic acids is 1. The summed E-state index contributed by atoms with van der Waals surface area (Å²) in [7, 11) is 0. The number of halogens is 1. The minimum atomic E-state index is -0.429. The van der Waals surface area contributed by atoms with Crippen LogP contribution < -0.4 is 5.43 Å². The summed E-state index contributed by atoms with van der Waals surface area (Å²) in [6.45, 7) is 5.71. The standard InChI is InChI=1S/C21H19ClN4O3/c1-13-4-5-16(11-20(13)22)21(27)24-23-12-17-10-14(2)25(15(17)3)18-6-8-19(9-7-18)26(28)29/h4-12H,1-3H3,(H,24,27)/b23-12-. The minimum Gasteiger partial charge on any atom is -0.318 e. The fourth-order valence-corrected chi connectivity index (χ4v) is 3.18. The first kappa shape index (κ1) is 20.3. The molecule has 7 nitrogen and oxygen atoms in total. The van der Waals surface area contributed by atoms with Crippen molar-refractivity contribution in [1.29, 1.82) is 0 Å². The van der Waals surface area contributed by atoms with Gasteiger partial charge in [-0.2, -0.15) is 5.10 Å². The number of aromatic nitrogens is 1. The number of hydrogen-bond donors (Lipinski definition) is 1. The number of non-ortho nitro benzene ring substituents is 1. The molecule has 2 aromatic carbocycles. The predicted octanol–water partition coefficient (Wildman–Crippen LogP) is 4.73. The van der Waals surface area contributed by atoms with Crippen LogP contribution in [0.5, 0.6) is 0 Å². The van der Waals surface area contributed by atoms with Crippen molar-refractivity contribution in [3.8, 4) is 5.69 Å². The van der Waals surface area contributed by atoms with Crippen LogP contribution in [0.3, 0.4) is 0 Å². The number of benzene rings is 2. The van der Waals surface area contributed by atoms with Gasteiger partial charge in [0.05, 0.1) is 11.1 Å². The van der Waals surface area contributed by atoms with E-state index in [0.29, 0.717) is 10.6 Å². The summed E-state index contributed by atoms with van der Waals surface area (Å²) in [5, 5.41) is 15.4. The Hall–Kier alpha value is -3.45. The van der Waals surface area contributed by atoms with E-state index in [1.165, 1.54) is 12.1 Å². The summed E-state index contributed by atoms with van der Waals surface area (Å²) in [6, 6.07) is 13.3. The lowest BCUT2D eigenvalue weighted by Crippen LogP contribution is -2.17. The number of carbonyl (C=O) groups is 1. The summed E-state index contributed by atoms with van der Waals surface area (Å²) in [5.41, 5.74) is 7.32. The smallest absolute Gasteiger partial charge is 0.271 e. The zero-order valence-electron chi connectivity index (χ0n) is 16.1. The molecule has 1 heterocycles. The van der Waals surface area contributed by atoms with Gasteiger partial charge in [-0.3, -0.25) is 14.9 Å². The summed E-state index contributed by atoms with van der Waals surface area (Å²) >= 11 is 6.06. The van der Waals surface area contributed by atoms with E-state index in [9.17, 15) is 14.9 Å². The van der Waals surface area contributed by atoms with Gasteiger partial charge in [0.15, 0.2) is 0 Å². The van der Waals surface area contributed by atoms with Gasteiger partial charge in [0.1, 0.15) is 0 Å². The van der Waals surface area contributed by atoms with Crippen LogP contribution in [0.1, 0.15) is 32.9 Å². The van der Waals surface area contributed by atoms with Gasteiger partial charge in [-0.1, -0.05) is 17.7 Å². The van der Waals surface area contributed by atoms with Gasteiger partial charge in [-0.15, -0.1) is 0 Å². The second-order valence-corrected chi connectivity index (χ2v) is 7.01. The van der Waals surface area contributed by atoms with Gasteiger partial charge in [0.25, 0.3) is 11.6 Å². The quantitative estimate of drug-likeness (QED) is 0.374. The summed E-state index contributed by atoms with van der Waals surface area (Å²) < 4.78 is 1.96. The van der Waals surface area contributed by atoms with Gasteiger partial charge in [0, 0.05) is 45.4 Å². The second-order valence-electron chi connectivity index (χ2n) is 6.60. The minimum absolute atomic E-state index is 0.0388. The van der Waals surface area contributed by atoms with E-state index < -0.39 is 4.92 Å². The lowest BCUT2D eigenvalue weighted by Gasteiger charge is -2.09. The molecule has 1 aromatic heterocycles. The molecule has 3 aromatic rings. The monoisotopic (exact) mass is 410 g/mol. The Bertz CT molecular complexity index is 1120. The van der Waals surface area contributed by atoms with E-state index >= 15 is 0 Å². The predicted molar refractivity (Wildman–Crippen MR) is 113 cm³/mol. The average Bonchev–Trinajstić information content (AvgIpc) is 2.97. The highest BCUT2D eigenvalue weighted by Gasteiger charge is 2.12. The van der Waals surface area contributed by atoms with Crippen molar-refractivity contribution < 1.29 is 9.72 Å². The lowest BCUT2D eigenvalue weighted by molar-refractivity contribution is -0.384. The molecule has 0 spiro atoms. The van der Waals surface area contributed by atoms with E-state index in [2.05, 4.69) is 10.5 Å². The third-order valence-electron chi connectivity index (χ3n) is 4.59. The Morgan fingerprint density at radius 1 is 1.14 bits per heavy atom. The topological polar surface area (TPSA) is 89.5 Å². The van der Waals surface area contributed by atoms with Crippen LogP contribution in [0.25, 0.3) is 5.69 Å². The molecule has 0 atom stereocenters. The molecule has 0 fully saturated rings. The Morgan fingerprint density at radius 2 is 1.83 bits per heavy atom. The van der Waals surface area contributed by atoms with E-state index in [0.717, 1.165) is 28.2 Å². The van der Waals surface area contributed by atoms with E-state index in [1.54, 1.807) is 36.5 Å². The van der Waals surface area contributed by atoms with Crippen molar-refractivity contribution in [2.24, 2.45) is 5.10 Å². The number of hydrazone groups is 1. The lowest BCUT2D eigenvalue weighted by atomic mass is 10.1. The van der Waals surface area contributed by atoms with Crippen LogP contribution in [0.2, 0.25) is 5.02 Å². The molecule has 148 valence electrons. The maximum Gasteiger partial charge on any atom is 0.271 e. The molecule has 1 N–H and O–H groups in total. The van der Waals surface area contributed by atoms with E-state index in [4.69, 9.17) is 11.6 Å². The molecule has 1 amide bonds. The number of hydrogen-bond acceptors (Lipinski definition) is 4. The number of nitro benzene ring substituents is 1. The number of nitro groups is 1. The number of rotatable bonds is 5. The Labute approximate surface area is 172 Å². The highest BCUT2D eigenvalue weighted by molar-refractivity contribution is 6.31. The number of nitrogens with one attached hydrogen (secondary N) is 1. The van der Waals surface area contributed by atoms with Crippen LogP contribution in [-0.4, -0.2) is 21.6 Å². The number of nitrogens with zero attached hydrogens (tertiary/aromatic N) is 3. The normalized spacial score (nSPS) is 11.0. The molecule has 0 aliphatic carbocycles. The first-order valence-electron chi connectivity index (χ1n) is 8.81. The third kappa shape index (κ3) is 4.35. The van der Waals surface area contributed by atoms with E-state index in [-0.39, 0.29) is 11.6 Å². The summed E-state index contributed by atoms with van der Waals surface area (Å²) in [5.74, 6) is -0.354. The molecule has 0 aliphatic rings.